The molecule has 2 aromatic carbocycles. The van der Waals surface area contributed by atoms with E-state index in [0.29, 0.717) is 12.8 Å². The lowest BCUT2D eigenvalue weighted by Gasteiger charge is -2.39. The van der Waals surface area contributed by atoms with E-state index in [9.17, 15) is 9.90 Å². The van der Waals surface area contributed by atoms with E-state index in [2.05, 4.69) is 0 Å². The molecule has 0 heterocycles. The Balaban J connectivity index is 2.09. The number of hydrogen-bond acceptors (Lipinski definition) is 2. The summed E-state index contributed by atoms with van der Waals surface area (Å²) in [6.45, 7) is 0. The van der Waals surface area contributed by atoms with E-state index in [1.165, 1.54) is 0 Å². The van der Waals surface area contributed by atoms with Crippen LogP contribution in [0.2, 0.25) is 0 Å². The second-order valence-electron chi connectivity index (χ2n) is 5.83. The van der Waals surface area contributed by atoms with E-state index in [4.69, 9.17) is 0 Å². The van der Waals surface area contributed by atoms with Gasteiger partial charge in [-0.25, -0.2) is 0 Å². The van der Waals surface area contributed by atoms with Gasteiger partial charge in [-0.05, 0) is 24.0 Å². The van der Waals surface area contributed by atoms with E-state index in [1.54, 1.807) is 0 Å². The zero-order valence-electron chi connectivity index (χ0n) is 12.0. The van der Waals surface area contributed by atoms with Gasteiger partial charge in [0, 0.05) is 18.8 Å². The average molecular weight is 280 g/mol. The van der Waals surface area contributed by atoms with E-state index in [0.717, 1.165) is 24.0 Å². The monoisotopic (exact) mass is 280 g/mol. The number of carbonyl (C=O) groups is 1. The van der Waals surface area contributed by atoms with Crippen LogP contribution in [0.4, 0.5) is 0 Å². The van der Waals surface area contributed by atoms with Crippen molar-refractivity contribution in [1.29, 1.82) is 0 Å². The molecule has 0 bridgehead atoms. The van der Waals surface area contributed by atoms with Crippen molar-refractivity contribution in [3.8, 4) is 0 Å². The number of ketones is 1. The fourth-order valence-corrected chi connectivity index (χ4v) is 3.40. The molecule has 2 nitrogen and oxygen atoms in total. The Morgan fingerprint density at radius 2 is 1.43 bits per heavy atom. The van der Waals surface area contributed by atoms with Gasteiger partial charge in [0.25, 0.3) is 0 Å². The molecule has 1 N–H and O–H groups in total. The highest BCUT2D eigenvalue weighted by Gasteiger charge is 2.41. The molecule has 0 spiro atoms. The highest BCUT2D eigenvalue weighted by atomic mass is 16.3. The molecule has 0 unspecified atom stereocenters. The number of benzene rings is 2. The van der Waals surface area contributed by atoms with Crippen LogP contribution in [0.25, 0.3) is 0 Å². The van der Waals surface area contributed by atoms with Crippen molar-refractivity contribution in [3.63, 3.8) is 0 Å². The maximum Gasteiger partial charge on any atom is 0.133 e. The molecule has 0 aromatic heterocycles. The van der Waals surface area contributed by atoms with Crippen LogP contribution in [0.5, 0.6) is 0 Å². The molecule has 108 valence electrons. The summed E-state index contributed by atoms with van der Waals surface area (Å²) in [6, 6.07) is 19.4. The minimum Gasteiger partial charge on any atom is -0.380 e. The first-order chi connectivity index (χ1) is 10.2. The molecule has 3 rings (SSSR count). The second kappa shape index (κ2) is 5.82. The predicted octanol–water partition coefficient (Wildman–Crippen LogP) is 3.68. The van der Waals surface area contributed by atoms with Crippen molar-refractivity contribution in [2.75, 3.05) is 0 Å². The normalized spacial score (nSPS) is 19.5. The van der Waals surface area contributed by atoms with Gasteiger partial charge in [-0.3, -0.25) is 4.79 Å². The van der Waals surface area contributed by atoms with Crippen LogP contribution in [0.3, 0.4) is 0 Å². The Morgan fingerprint density at radius 3 is 1.90 bits per heavy atom. The third-order valence-corrected chi connectivity index (χ3v) is 4.50. The molecule has 1 atom stereocenters. The van der Waals surface area contributed by atoms with Crippen LogP contribution in [0, 0.1) is 5.92 Å². The summed E-state index contributed by atoms with van der Waals surface area (Å²) in [5.74, 6) is 0.208. The molecule has 1 saturated carbocycles. The molecule has 0 aliphatic heterocycles. The first-order valence-corrected chi connectivity index (χ1v) is 7.56. The summed E-state index contributed by atoms with van der Waals surface area (Å²) < 4.78 is 0. The molecule has 0 saturated heterocycles. The lowest BCUT2D eigenvalue weighted by atomic mass is 9.70. The highest BCUT2D eigenvalue weighted by Crippen LogP contribution is 2.42. The van der Waals surface area contributed by atoms with Gasteiger partial charge in [-0.15, -0.1) is 0 Å². The van der Waals surface area contributed by atoms with Gasteiger partial charge < -0.3 is 5.11 Å². The number of hydrogen-bond donors (Lipinski definition) is 1. The fraction of sp³-hybridized carbons (Fsp3) is 0.316. The van der Waals surface area contributed by atoms with Crippen LogP contribution < -0.4 is 0 Å². The van der Waals surface area contributed by atoms with Gasteiger partial charge >= 0.3 is 0 Å². The Bertz CT molecular complexity index is 564. The molecule has 0 amide bonds. The van der Waals surface area contributed by atoms with Gasteiger partial charge in [-0.2, -0.15) is 0 Å². The van der Waals surface area contributed by atoms with Crippen LogP contribution in [0.15, 0.2) is 60.7 Å². The standard InChI is InChI=1S/C19H20O2/c20-18-13-7-12-17(14-18)19(21,15-8-3-1-4-9-15)16-10-5-2-6-11-16/h1-6,8-11,17,21H,7,12-14H2/t17-/m0/s1. The zero-order valence-corrected chi connectivity index (χ0v) is 12.0. The minimum atomic E-state index is -1.08. The maximum absolute atomic E-state index is 11.9. The van der Waals surface area contributed by atoms with E-state index in [1.807, 2.05) is 60.7 Å². The first-order valence-electron chi connectivity index (χ1n) is 7.56. The summed E-state index contributed by atoms with van der Waals surface area (Å²) in [5.41, 5.74) is 0.658. The lowest BCUT2D eigenvalue weighted by molar-refractivity contribution is -0.124. The average Bonchev–Trinajstić information content (AvgIpc) is 2.56. The van der Waals surface area contributed by atoms with Crippen molar-refractivity contribution in [2.45, 2.75) is 31.3 Å². The summed E-state index contributed by atoms with van der Waals surface area (Å²) in [5, 5.41) is 11.5. The van der Waals surface area contributed by atoms with Crippen LogP contribution in [-0.4, -0.2) is 10.9 Å². The van der Waals surface area contributed by atoms with E-state index < -0.39 is 5.60 Å². The quantitative estimate of drug-likeness (QED) is 0.931. The molecule has 21 heavy (non-hydrogen) atoms. The third-order valence-electron chi connectivity index (χ3n) is 4.50. The molecule has 1 aliphatic carbocycles. The Labute approximate surface area is 125 Å². The van der Waals surface area contributed by atoms with Gasteiger partial charge in [0.2, 0.25) is 0 Å². The van der Waals surface area contributed by atoms with Crippen molar-refractivity contribution in [1.82, 2.24) is 0 Å². The Morgan fingerprint density at radius 1 is 0.905 bits per heavy atom. The number of carbonyl (C=O) groups excluding carboxylic acids is 1. The first kappa shape index (κ1) is 14.0. The molecule has 2 heteroatoms. The van der Waals surface area contributed by atoms with Crippen molar-refractivity contribution >= 4 is 5.78 Å². The number of Topliss-reactive ketones (excluding diaryl/α,β-unsaturated/α-hetero) is 1. The second-order valence-corrected chi connectivity index (χ2v) is 5.83. The van der Waals surface area contributed by atoms with Crippen LogP contribution in [0.1, 0.15) is 36.8 Å². The van der Waals surface area contributed by atoms with Crippen molar-refractivity contribution < 1.29 is 9.90 Å². The summed E-state index contributed by atoms with van der Waals surface area (Å²) in [6.07, 6.45) is 2.86. The molecule has 0 radical (unpaired) electrons. The SMILES string of the molecule is O=C1CCC[C@H](C(O)(c2ccccc2)c2ccccc2)C1. The summed E-state index contributed by atoms with van der Waals surface area (Å²) in [4.78, 5) is 11.9. The predicted molar refractivity (Wildman–Crippen MR) is 82.8 cm³/mol. The van der Waals surface area contributed by atoms with Crippen LogP contribution >= 0.6 is 0 Å². The van der Waals surface area contributed by atoms with Gasteiger partial charge in [-0.1, -0.05) is 60.7 Å². The Kier molecular flexibility index (Phi) is 3.89. The third kappa shape index (κ3) is 2.64. The summed E-state index contributed by atoms with van der Waals surface area (Å²) in [7, 11) is 0. The Hall–Kier alpha value is -1.93. The zero-order chi connectivity index (χ0) is 14.7. The highest BCUT2D eigenvalue weighted by molar-refractivity contribution is 5.79. The molecule has 1 fully saturated rings. The summed E-state index contributed by atoms with van der Waals surface area (Å²) >= 11 is 0. The largest absolute Gasteiger partial charge is 0.380 e. The molecular weight excluding hydrogens is 260 g/mol. The smallest absolute Gasteiger partial charge is 0.133 e. The lowest BCUT2D eigenvalue weighted by Crippen LogP contribution is -2.39. The molecular formula is C19H20O2. The maximum atomic E-state index is 11.9. The minimum absolute atomic E-state index is 0.0523. The van der Waals surface area contributed by atoms with Crippen molar-refractivity contribution in [3.05, 3.63) is 71.8 Å². The van der Waals surface area contributed by atoms with Crippen molar-refractivity contribution in [2.24, 2.45) is 5.92 Å². The fourth-order valence-electron chi connectivity index (χ4n) is 3.40. The molecule has 2 aromatic rings. The van der Waals surface area contributed by atoms with E-state index >= 15 is 0 Å². The number of rotatable bonds is 3. The van der Waals surface area contributed by atoms with Gasteiger partial charge in [0.05, 0.1) is 0 Å². The molecule has 1 aliphatic rings. The van der Waals surface area contributed by atoms with E-state index in [-0.39, 0.29) is 11.7 Å². The van der Waals surface area contributed by atoms with Crippen LogP contribution in [-0.2, 0) is 10.4 Å². The number of aliphatic hydroxyl groups is 1. The topological polar surface area (TPSA) is 37.3 Å². The van der Waals surface area contributed by atoms with Gasteiger partial charge in [0.15, 0.2) is 0 Å². The van der Waals surface area contributed by atoms with Gasteiger partial charge in [0.1, 0.15) is 11.4 Å².